The van der Waals surface area contributed by atoms with Gasteiger partial charge in [-0.25, -0.2) is 4.79 Å². The number of aliphatic hydroxyl groups is 10. The fourth-order valence-electron chi connectivity index (χ4n) is 13.9. The summed E-state index contributed by atoms with van der Waals surface area (Å²) in [5.41, 5.74) is 16.9. The van der Waals surface area contributed by atoms with E-state index in [4.69, 9.17) is 55.1 Å². The van der Waals surface area contributed by atoms with E-state index in [-0.39, 0.29) is 45.2 Å². The Hall–Kier alpha value is -10.3. The second-order valence-electron chi connectivity index (χ2n) is 31.7. The zero-order valence-electron chi connectivity index (χ0n) is 73.6. The molecule has 4 rings (SSSR count). The minimum Gasteiger partial charge on any atom is -0.480 e. The lowest BCUT2D eigenvalue weighted by molar-refractivity contribution is -0.333. The number of carbonyl (C=O) groups is 18. The Kier molecular flexibility index (Phi) is 47.1. The third kappa shape index (κ3) is 35.3. The Morgan fingerprint density at radius 2 is 0.687 bits per heavy atom. The summed E-state index contributed by atoms with van der Waals surface area (Å²) < 4.78 is 46.6. The quantitative estimate of drug-likeness (QED) is 0.0252. The molecular weight excluding hydrogens is 1760 g/mol. The van der Waals surface area contributed by atoms with Gasteiger partial charge in [0.25, 0.3) is 0 Å². The second kappa shape index (κ2) is 54.6. The molecular formula is C76H127N17O38. The number of hydrogen-bond donors (Lipinski definition) is 29. The monoisotopic (exact) mass is 1890 g/mol. The van der Waals surface area contributed by atoms with Crippen molar-refractivity contribution in [1.82, 2.24) is 74.4 Å². The van der Waals surface area contributed by atoms with Crippen LogP contribution in [0.5, 0.6) is 0 Å². The number of hydrogen-bond acceptors (Lipinski definition) is 37. The Labute approximate surface area is 749 Å². The van der Waals surface area contributed by atoms with Gasteiger partial charge >= 0.3 is 11.9 Å². The zero-order valence-corrected chi connectivity index (χ0v) is 73.6. The highest BCUT2D eigenvalue weighted by Crippen LogP contribution is 2.34. The average molecular weight is 1890 g/mol. The van der Waals surface area contributed by atoms with Crippen molar-refractivity contribution in [2.45, 2.75) is 329 Å². The Morgan fingerprint density at radius 3 is 1.02 bits per heavy atom. The molecule has 0 radical (unpaired) electrons. The third-order valence-corrected chi connectivity index (χ3v) is 21.1. The number of primary amides is 2. The van der Waals surface area contributed by atoms with E-state index < -0.39 is 354 Å². The van der Waals surface area contributed by atoms with Crippen molar-refractivity contribution in [1.29, 1.82) is 0 Å². The van der Waals surface area contributed by atoms with E-state index in [0.29, 0.717) is 6.42 Å². The van der Waals surface area contributed by atoms with Crippen LogP contribution in [0.3, 0.4) is 0 Å². The van der Waals surface area contributed by atoms with Crippen LogP contribution in [0, 0.1) is 0 Å². The van der Waals surface area contributed by atoms with Crippen LogP contribution < -0.4 is 91.6 Å². The Balaban J connectivity index is 1.32. The van der Waals surface area contributed by atoms with Crippen LogP contribution in [-0.4, -0.2) is 396 Å². The first-order chi connectivity index (χ1) is 61.4. The molecule has 4 aliphatic rings. The molecule has 0 spiro atoms. The average Bonchev–Trinajstić information content (AvgIpc) is 0.774. The highest BCUT2D eigenvalue weighted by molar-refractivity contribution is 5.96. The molecule has 16 amide bonds. The fourth-order valence-corrected chi connectivity index (χ4v) is 13.9. The number of aliphatic carboxylic acids is 2. The molecule has 4 saturated heterocycles. The van der Waals surface area contributed by atoms with Gasteiger partial charge in [-0.1, -0.05) is 0 Å². The molecule has 744 valence electrons. The number of nitrogens with two attached hydrogens (primary N) is 3. The lowest BCUT2D eigenvalue weighted by atomic mass is 9.94. The normalized spacial score (nSPS) is 27.8. The van der Waals surface area contributed by atoms with Gasteiger partial charge in [0.05, 0.1) is 32.8 Å². The SMILES string of the molecule is CC(=O)NC1C(OC2C(CO)OC(O)C(NC(C)=O)C2OC(C)C(=O)NC(C)C(=O)NC(CCC(=O)NC(CCCCNC(=O)CC(NC(=O)C(C)NC(=O)C(CCCCN)NC(=O)CCC(NC(=O)C(C)NC(=O)C(C)OC2C(NC(C)=O)C(O)OC(CO)C2OC2OC(CO)C(O)C(O)C2NC(C)=O)C(N)=O)C(=O)O)C(=O)NC(C)C(=O)O)C(N)=O)OC(CO)C(O)C1O. The van der Waals surface area contributed by atoms with Crippen LogP contribution in [0.2, 0.25) is 0 Å². The van der Waals surface area contributed by atoms with Gasteiger partial charge in [0, 0.05) is 47.1 Å². The summed E-state index contributed by atoms with van der Waals surface area (Å²) in [6, 6.07) is -20.5. The molecule has 31 atom stereocenters. The summed E-state index contributed by atoms with van der Waals surface area (Å²) in [6.45, 7) is 7.40. The van der Waals surface area contributed by atoms with Crippen molar-refractivity contribution in [2.24, 2.45) is 17.2 Å². The summed E-state index contributed by atoms with van der Waals surface area (Å²) in [5.74, 6) is -18.7. The molecule has 55 nitrogen and oxygen atoms in total. The van der Waals surface area contributed by atoms with Gasteiger partial charge in [0.2, 0.25) is 94.5 Å². The molecule has 0 bridgehead atoms. The van der Waals surface area contributed by atoms with Crippen molar-refractivity contribution in [3.05, 3.63) is 0 Å². The number of carboxylic acid groups (broad SMARTS) is 2. The number of ether oxygens (including phenoxy) is 8. The maximum atomic E-state index is 13.8. The third-order valence-electron chi connectivity index (χ3n) is 21.1. The van der Waals surface area contributed by atoms with Crippen molar-refractivity contribution in [3.8, 4) is 0 Å². The van der Waals surface area contributed by atoms with Gasteiger partial charge in [-0.05, 0) is 99.5 Å². The molecule has 0 aromatic rings. The molecule has 55 heteroatoms. The first-order valence-corrected chi connectivity index (χ1v) is 42.0. The van der Waals surface area contributed by atoms with Gasteiger partial charge in [-0.3, -0.25) is 81.5 Å². The molecule has 31 unspecified atom stereocenters. The van der Waals surface area contributed by atoms with E-state index in [1.54, 1.807) is 0 Å². The molecule has 4 aliphatic heterocycles. The van der Waals surface area contributed by atoms with Crippen molar-refractivity contribution >= 4 is 106 Å². The molecule has 0 aromatic heterocycles. The van der Waals surface area contributed by atoms with Crippen molar-refractivity contribution in [2.75, 3.05) is 39.5 Å². The van der Waals surface area contributed by atoms with Crippen LogP contribution in [0.25, 0.3) is 0 Å². The van der Waals surface area contributed by atoms with Crippen molar-refractivity contribution < 1.29 is 185 Å². The number of unbranched alkanes of at least 4 members (excludes halogenated alkanes) is 2. The van der Waals surface area contributed by atoms with Gasteiger partial charge in [0.1, 0.15) is 164 Å². The van der Waals surface area contributed by atoms with E-state index in [9.17, 15) is 148 Å². The van der Waals surface area contributed by atoms with Crippen LogP contribution in [0.15, 0.2) is 0 Å². The van der Waals surface area contributed by atoms with Crippen LogP contribution in [0.1, 0.15) is 140 Å². The maximum absolute atomic E-state index is 13.8. The lowest BCUT2D eigenvalue weighted by Gasteiger charge is -2.48. The van der Waals surface area contributed by atoms with Gasteiger partial charge in [-0.2, -0.15) is 0 Å². The minimum absolute atomic E-state index is 0.0108. The predicted molar refractivity (Wildman–Crippen MR) is 437 cm³/mol. The summed E-state index contributed by atoms with van der Waals surface area (Å²) in [4.78, 5) is 234. The van der Waals surface area contributed by atoms with E-state index >= 15 is 0 Å². The highest BCUT2D eigenvalue weighted by Gasteiger charge is 2.56. The molecule has 4 heterocycles. The second-order valence-corrected chi connectivity index (χ2v) is 31.7. The van der Waals surface area contributed by atoms with E-state index in [0.717, 1.165) is 62.3 Å². The summed E-state index contributed by atoms with van der Waals surface area (Å²) in [6.07, 6.45) is -33.9. The number of carbonyl (C=O) groups excluding carboxylic acids is 16. The number of rotatable bonds is 53. The van der Waals surface area contributed by atoms with E-state index in [1.807, 2.05) is 0 Å². The van der Waals surface area contributed by atoms with Gasteiger partial charge in [0.15, 0.2) is 25.2 Å². The van der Waals surface area contributed by atoms with E-state index in [2.05, 4.69) is 74.4 Å². The topological polar surface area (TPSA) is 870 Å². The van der Waals surface area contributed by atoms with E-state index in [1.165, 1.54) is 6.92 Å². The molecule has 0 aliphatic carbocycles. The zero-order chi connectivity index (χ0) is 98.9. The molecule has 0 saturated carbocycles. The molecule has 32 N–H and O–H groups in total. The van der Waals surface area contributed by atoms with Crippen LogP contribution in [-0.2, 0) is 124 Å². The molecule has 131 heavy (non-hydrogen) atoms. The van der Waals surface area contributed by atoms with Gasteiger partial charge < -0.3 is 191 Å². The number of nitrogens with one attached hydrogen (secondary N) is 14. The number of amides is 16. The first-order valence-electron chi connectivity index (χ1n) is 42.0. The lowest BCUT2D eigenvalue weighted by Crippen LogP contribution is -2.70. The molecule has 4 fully saturated rings. The molecule has 0 aromatic carbocycles. The number of carboxylic acids is 2. The highest BCUT2D eigenvalue weighted by atomic mass is 16.7. The van der Waals surface area contributed by atoms with Crippen molar-refractivity contribution in [3.63, 3.8) is 0 Å². The Bertz CT molecular complexity index is 3900. The standard InChI is InChI=1S/C76H127N17O38/c1-28(81-67(114)32(5)124-60-52(87-36(9)100)73(122)126-45(26-96)58(60)130-75-50(85-34(7)98)56(107)54(105)43(24-94)128-75)64(111)91-38(62(78)109)17-19-47(102)89-40(15-11-13-21-77)69(116)83-30(3)66(113)93-42(72(120)121)23-49(104)80-22-14-12-16-41(70(117)84-31(4)71(118)119)90-48(103)20-18-39(63(79)110)92-65(112)29(2)82-68(115)33(6)125-61-53(88-37(10)101)74(123)127-46(27-97)59(61)131-76-51(86-35(8)99)57(108)55(106)44(25-95)129-76/h28-33,38-46,50-61,73-76,94-97,105-108,122-123H,11-27,77H2,1-10H3,(H2,78,109)(H2,79,110)(H,80,104)(H,81,114)(H,82,115)(H,83,116)(H,84,117)(H,85,98)(H,86,99)(H,87,100)(H,88,101)(H,89,102)(H,90,103)(H,91,111)(H,92,112)(H,93,113)(H,118,119)(H,120,121). The predicted octanol–water partition coefficient (Wildman–Crippen LogP) is -15.4. The summed E-state index contributed by atoms with van der Waals surface area (Å²) in [7, 11) is 0. The minimum atomic E-state index is -1.96. The Morgan fingerprint density at radius 1 is 0.351 bits per heavy atom. The number of aliphatic hydroxyl groups excluding tert-OH is 10. The fraction of sp³-hybridized carbons (Fsp3) is 0.763. The largest absolute Gasteiger partial charge is 0.480 e. The smallest absolute Gasteiger partial charge is 0.326 e. The van der Waals surface area contributed by atoms with Crippen LogP contribution in [0.4, 0.5) is 0 Å². The summed E-state index contributed by atoms with van der Waals surface area (Å²) >= 11 is 0. The van der Waals surface area contributed by atoms with Gasteiger partial charge in [-0.15, -0.1) is 0 Å². The van der Waals surface area contributed by atoms with Crippen LogP contribution >= 0.6 is 0 Å². The maximum Gasteiger partial charge on any atom is 0.326 e. The summed E-state index contributed by atoms with van der Waals surface area (Å²) in [5, 5.41) is 158. The first kappa shape index (κ1) is 113.